The molecule has 3 rings (SSSR count). The number of ether oxygens (including phenoxy) is 1. The second-order valence-electron chi connectivity index (χ2n) is 4.87. The van der Waals surface area contributed by atoms with E-state index in [1.165, 1.54) is 12.6 Å². The number of piperidine rings is 1. The Morgan fingerprint density at radius 1 is 1.50 bits per heavy atom. The first-order chi connectivity index (χ1) is 8.81. The number of rotatable bonds is 3. The molecule has 0 N–H and O–H groups in total. The summed E-state index contributed by atoms with van der Waals surface area (Å²) in [6.07, 6.45) is 7.10. The predicted molar refractivity (Wildman–Crippen MR) is 65.0 cm³/mol. The van der Waals surface area contributed by atoms with Crippen molar-refractivity contribution < 1.29 is 9.53 Å². The third-order valence-electron chi connectivity index (χ3n) is 3.91. The van der Waals surface area contributed by atoms with E-state index >= 15 is 0 Å². The number of aromatic nitrogens is 2. The van der Waals surface area contributed by atoms with Gasteiger partial charge in [0.1, 0.15) is 5.69 Å². The van der Waals surface area contributed by atoms with Gasteiger partial charge in [0.05, 0.1) is 18.3 Å². The van der Waals surface area contributed by atoms with Crippen LogP contribution in [0.15, 0.2) is 18.6 Å². The zero-order chi connectivity index (χ0) is 12.5. The van der Waals surface area contributed by atoms with Gasteiger partial charge in [-0.3, -0.25) is 9.78 Å². The molecular weight excluding hydrogens is 230 g/mol. The number of hydrogen-bond donors (Lipinski definition) is 0. The van der Waals surface area contributed by atoms with Crippen LogP contribution in [0.3, 0.4) is 0 Å². The molecule has 1 amide bonds. The topological polar surface area (TPSA) is 55.3 Å². The van der Waals surface area contributed by atoms with E-state index in [1.807, 2.05) is 11.8 Å². The maximum Gasteiger partial charge on any atom is 0.274 e. The first-order valence-corrected chi connectivity index (χ1v) is 6.50. The number of hydrogen-bond acceptors (Lipinski definition) is 4. The zero-order valence-corrected chi connectivity index (χ0v) is 10.5. The molecule has 1 aromatic rings. The molecule has 1 saturated carbocycles. The first kappa shape index (κ1) is 11.6. The van der Waals surface area contributed by atoms with Gasteiger partial charge in [-0.1, -0.05) is 0 Å². The Labute approximate surface area is 106 Å². The summed E-state index contributed by atoms with van der Waals surface area (Å²) in [4.78, 5) is 22.3. The normalized spacial score (nSPS) is 29.8. The van der Waals surface area contributed by atoms with Crippen LogP contribution in [0.2, 0.25) is 0 Å². The lowest BCUT2D eigenvalue weighted by atomic mass is 10.1. The molecule has 1 aliphatic carbocycles. The minimum Gasteiger partial charge on any atom is -0.376 e. The summed E-state index contributed by atoms with van der Waals surface area (Å²) < 4.78 is 5.78. The van der Waals surface area contributed by atoms with Crippen molar-refractivity contribution in [1.29, 1.82) is 0 Å². The van der Waals surface area contributed by atoms with Crippen LogP contribution in [-0.2, 0) is 4.74 Å². The highest BCUT2D eigenvalue weighted by atomic mass is 16.5. The van der Waals surface area contributed by atoms with E-state index in [4.69, 9.17) is 4.74 Å². The van der Waals surface area contributed by atoms with Crippen LogP contribution in [-0.4, -0.2) is 46.1 Å². The summed E-state index contributed by atoms with van der Waals surface area (Å²) in [6, 6.07) is 0.226. The monoisotopic (exact) mass is 247 g/mol. The van der Waals surface area contributed by atoms with Crippen molar-refractivity contribution in [2.45, 2.75) is 31.9 Å². The lowest BCUT2D eigenvalue weighted by Gasteiger charge is -2.26. The molecule has 1 aromatic heterocycles. The molecule has 96 valence electrons. The summed E-state index contributed by atoms with van der Waals surface area (Å²) >= 11 is 0. The van der Waals surface area contributed by atoms with E-state index in [1.54, 1.807) is 12.4 Å². The molecular formula is C13H17N3O2. The van der Waals surface area contributed by atoms with E-state index < -0.39 is 0 Å². The largest absolute Gasteiger partial charge is 0.376 e. The average molecular weight is 247 g/mol. The molecule has 5 heteroatoms. The summed E-state index contributed by atoms with van der Waals surface area (Å²) in [7, 11) is 0. The van der Waals surface area contributed by atoms with Crippen molar-refractivity contribution in [3.8, 4) is 0 Å². The molecule has 2 bridgehead atoms. The van der Waals surface area contributed by atoms with Crippen LogP contribution in [0.25, 0.3) is 0 Å². The lowest BCUT2D eigenvalue weighted by Crippen LogP contribution is -2.40. The van der Waals surface area contributed by atoms with Gasteiger partial charge in [-0.05, 0) is 19.8 Å². The maximum absolute atomic E-state index is 12.4. The maximum atomic E-state index is 12.4. The van der Waals surface area contributed by atoms with E-state index in [-0.39, 0.29) is 18.1 Å². The fourth-order valence-electron chi connectivity index (χ4n) is 3.17. The average Bonchev–Trinajstić information content (AvgIpc) is 2.97. The minimum absolute atomic E-state index is 0.0139. The minimum atomic E-state index is -0.0139. The van der Waals surface area contributed by atoms with Gasteiger partial charge in [0.25, 0.3) is 5.91 Å². The Bertz CT molecular complexity index is 437. The fourth-order valence-corrected chi connectivity index (χ4v) is 3.17. The third kappa shape index (κ3) is 1.79. The Kier molecular flexibility index (Phi) is 2.99. The highest BCUT2D eigenvalue weighted by Crippen LogP contribution is 2.40. The standard InChI is InChI=1S/C13H17N3O2/c1-2-18-12-9-3-4-11(12)16(8-9)13(17)10-7-14-5-6-15-10/h5-7,9,11-12H,2-4,8H2,1H3/t9-,11+,12+/m0/s1. The molecule has 0 radical (unpaired) electrons. The zero-order valence-electron chi connectivity index (χ0n) is 10.5. The molecule has 1 aliphatic heterocycles. The van der Waals surface area contributed by atoms with Gasteiger partial charge in [-0.2, -0.15) is 0 Å². The second kappa shape index (κ2) is 4.65. The molecule has 3 atom stereocenters. The number of carbonyl (C=O) groups excluding carboxylic acids is 1. The van der Waals surface area contributed by atoms with Crippen molar-refractivity contribution in [2.75, 3.05) is 13.2 Å². The first-order valence-electron chi connectivity index (χ1n) is 6.50. The second-order valence-corrected chi connectivity index (χ2v) is 4.87. The smallest absolute Gasteiger partial charge is 0.274 e. The van der Waals surface area contributed by atoms with E-state index in [0.717, 1.165) is 13.0 Å². The van der Waals surface area contributed by atoms with Crippen LogP contribution in [0.4, 0.5) is 0 Å². The van der Waals surface area contributed by atoms with Crippen LogP contribution < -0.4 is 0 Å². The quantitative estimate of drug-likeness (QED) is 0.803. The van der Waals surface area contributed by atoms with Crippen molar-refractivity contribution >= 4 is 5.91 Å². The van der Waals surface area contributed by atoms with Gasteiger partial charge in [0.2, 0.25) is 0 Å². The Morgan fingerprint density at radius 2 is 2.39 bits per heavy atom. The fraction of sp³-hybridized carbons (Fsp3) is 0.615. The molecule has 0 spiro atoms. The van der Waals surface area contributed by atoms with Gasteiger partial charge >= 0.3 is 0 Å². The molecule has 2 aliphatic rings. The van der Waals surface area contributed by atoms with Crippen LogP contribution in [0.1, 0.15) is 30.3 Å². The molecule has 5 nitrogen and oxygen atoms in total. The highest BCUT2D eigenvalue weighted by molar-refractivity contribution is 5.92. The van der Waals surface area contributed by atoms with Crippen molar-refractivity contribution in [2.24, 2.45) is 5.92 Å². The van der Waals surface area contributed by atoms with Gasteiger partial charge in [0.15, 0.2) is 0 Å². The summed E-state index contributed by atoms with van der Waals surface area (Å²) in [5.41, 5.74) is 0.431. The molecule has 0 aromatic carbocycles. The molecule has 2 heterocycles. The Morgan fingerprint density at radius 3 is 3.11 bits per heavy atom. The Balaban J connectivity index is 1.77. The number of carbonyl (C=O) groups is 1. The number of amides is 1. The van der Waals surface area contributed by atoms with Gasteiger partial charge in [0, 0.05) is 31.5 Å². The molecule has 2 fully saturated rings. The van der Waals surface area contributed by atoms with E-state index in [2.05, 4.69) is 9.97 Å². The summed E-state index contributed by atoms with van der Waals surface area (Å²) in [5, 5.41) is 0. The number of fused-ring (bicyclic) bond motifs is 2. The summed E-state index contributed by atoms with van der Waals surface area (Å²) in [6.45, 7) is 3.52. The van der Waals surface area contributed by atoms with Gasteiger partial charge < -0.3 is 9.64 Å². The summed E-state index contributed by atoms with van der Waals surface area (Å²) in [5.74, 6) is 0.482. The highest BCUT2D eigenvalue weighted by Gasteiger charge is 2.49. The SMILES string of the molecule is CCO[C@@H]1[C@H]2CC[C@H]1N(C(=O)c1cnccn1)C2. The van der Waals surface area contributed by atoms with Crippen molar-refractivity contribution in [3.63, 3.8) is 0 Å². The van der Waals surface area contributed by atoms with Crippen LogP contribution in [0.5, 0.6) is 0 Å². The molecule has 0 unspecified atom stereocenters. The van der Waals surface area contributed by atoms with Crippen LogP contribution >= 0.6 is 0 Å². The van der Waals surface area contributed by atoms with Crippen molar-refractivity contribution in [3.05, 3.63) is 24.3 Å². The molecule has 18 heavy (non-hydrogen) atoms. The van der Waals surface area contributed by atoms with E-state index in [0.29, 0.717) is 18.2 Å². The van der Waals surface area contributed by atoms with Gasteiger partial charge in [-0.25, -0.2) is 4.98 Å². The Hall–Kier alpha value is -1.49. The lowest BCUT2D eigenvalue weighted by molar-refractivity contribution is 0.0331. The number of nitrogens with zero attached hydrogens (tertiary/aromatic N) is 3. The van der Waals surface area contributed by atoms with E-state index in [9.17, 15) is 4.79 Å². The van der Waals surface area contributed by atoms with Crippen LogP contribution in [0, 0.1) is 5.92 Å². The predicted octanol–water partition coefficient (Wildman–Crippen LogP) is 1.12. The van der Waals surface area contributed by atoms with Gasteiger partial charge in [-0.15, -0.1) is 0 Å². The van der Waals surface area contributed by atoms with Crippen molar-refractivity contribution in [1.82, 2.24) is 14.9 Å². The molecule has 1 saturated heterocycles. The third-order valence-corrected chi connectivity index (χ3v) is 3.91. The number of likely N-dealkylation sites (tertiary alicyclic amines) is 1.